The third kappa shape index (κ3) is 4.60. The molecule has 0 unspecified atom stereocenters. The van der Waals surface area contributed by atoms with E-state index < -0.39 is 15.8 Å². The fourth-order valence-electron chi connectivity index (χ4n) is 7.68. The summed E-state index contributed by atoms with van der Waals surface area (Å²) in [6, 6.07) is 59.5. The Morgan fingerprint density at radius 2 is 0.674 bits per heavy atom. The van der Waals surface area contributed by atoms with Gasteiger partial charge in [0.25, 0.3) is 0 Å². The van der Waals surface area contributed by atoms with Crippen molar-refractivity contribution in [3.63, 3.8) is 0 Å². The van der Waals surface area contributed by atoms with Crippen LogP contribution in [0.2, 0.25) is 0 Å². The molecule has 2 aliphatic carbocycles. The van der Waals surface area contributed by atoms with Crippen LogP contribution in [0.5, 0.6) is 0 Å². The summed E-state index contributed by atoms with van der Waals surface area (Å²) in [5, 5.41) is 8.83. The van der Waals surface area contributed by atoms with Gasteiger partial charge in [-0.15, -0.1) is 0 Å². The first-order valence-corrected chi connectivity index (χ1v) is 18.1. The van der Waals surface area contributed by atoms with Crippen LogP contribution in [0.3, 0.4) is 0 Å². The number of hydrogen-bond acceptors (Lipinski definition) is 0. The zero-order valence-electron chi connectivity index (χ0n) is 24.2. The van der Waals surface area contributed by atoms with Gasteiger partial charge in [0.15, 0.2) is 0 Å². The fraction of sp³-hybridized carbons (Fsp3) is 0.122. The van der Waals surface area contributed by atoms with E-state index in [4.69, 9.17) is 0 Å². The van der Waals surface area contributed by atoms with Crippen molar-refractivity contribution in [2.45, 2.75) is 31.1 Å². The lowest BCUT2D eigenvalue weighted by molar-refractivity contribution is 0.512. The Balaban J connectivity index is 1.37. The molecule has 208 valence electrons. The smallest absolute Gasteiger partial charge is 0.0227 e. The number of fused-ring (bicyclic) bond motifs is 4. The molecule has 0 fully saturated rings. The van der Waals surface area contributed by atoms with Crippen molar-refractivity contribution in [1.29, 1.82) is 0 Å². The molecule has 0 N–H and O–H groups in total. The Morgan fingerprint density at radius 1 is 0.349 bits per heavy atom. The largest absolute Gasteiger partial charge is 0.0622 e. The van der Waals surface area contributed by atoms with E-state index in [0.29, 0.717) is 0 Å². The summed E-state index contributed by atoms with van der Waals surface area (Å²) in [7, 11) is -1.38. The second-order valence-electron chi connectivity index (χ2n) is 11.7. The first-order chi connectivity index (χ1) is 21.3. The third-order valence-electron chi connectivity index (χ3n) is 9.40. The van der Waals surface area contributed by atoms with Crippen molar-refractivity contribution in [2.24, 2.45) is 0 Å². The molecule has 0 nitrogen and oxygen atoms in total. The quantitative estimate of drug-likeness (QED) is 0.178. The van der Waals surface area contributed by atoms with Gasteiger partial charge in [0, 0.05) is 5.41 Å². The summed E-state index contributed by atoms with van der Waals surface area (Å²) in [5.41, 5.74) is 6.44. The third-order valence-corrected chi connectivity index (χ3v) is 14.4. The Hall–Kier alpha value is -3.82. The van der Waals surface area contributed by atoms with E-state index in [2.05, 4.69) is 158 Å². The molecule has 2 aliphatic rings. The topological polar surface area (TPSA) is 0 Å². The van der Waals surface area contributed by atoms with E-state index in [1.165, 1.54) is 34.1 Å². The number of rotatable bonds is 6. The van der Waals surface area contributed by atoms with E-state index in [-0.39, 0.29) is 5.41 Å². The molecule has 1 spiro atoms. The Labute approximate surface area is 258 Å². The van der Waals surface area contributed by atoms with Gasteiger partial charge >= 0.3 is 0 Å². The summed E-state index contributed by atoms with van der Waals surface area (Å²) < 4.78 is 0. The van der Waals surface area contributed by atoms with Crippen LogP contribution in [0.1, 0.15) is 35.1 Å². The van der Waals surface area contributed by atoms with Crippen LogP contribution in [-0.2, 0) is 18.3 Å². The van der Waals surface area contributed by atoms with Crippen molar-refractivity contribution in [1.82, 2.24) is 0 Å². The Kier molecular flexibility index (Phi) is 7.07. The maximum Gasteiger partial charge on any atom is 0.0227 e. The van der Waals surface area contributed by atoms with E-state index in [0.717, 1.165) is 12.8 Å². The molecule has 0 saturated carbocycles. The molecule has 6 aromatic rings. The predicted octanol–water partition coefficient (Wildman–Crippen LogP) is 7.38. The van der Waals surface area contributed by atoms with Gasteiger partial charge in [-0.05, 0) is 95.6 Å². The van der Waals surface area contributed by atoms with Crippen molar-refractivity contribution >= 4 is 47.7 Å². The lowest BCUT2D eigenvalue weighted by Crippen LogP contribution is -2.35. The normalized spacial score (nSPS) is 14.7. The first-order valence-electron chi connectivity index (χ1n) is 15.4. The van der Waals surface area contributed by atoms with E-state index >= 15 is 0 Å². The van der Waals surface area contributed by atoms with Crippen molar-refractivity contribution in [3.05, 3.63) is 180 Å². The molecule has 43 heavy (non-hydrogen) atoms. The first kappa shape index (κ1) is 26.8. The highest BCUT2D eigenvalue weighted by molar-refractivity contribution is 7.80. The maximum absolute atomic E-state index is 2.47. The van der Waals surface area contributed by atoms with Gasteiger partial charge in [-0.1, -0.05) is 158 Å². The highest BCUT2D eigenvalue weighted by Crippen LogP contribution is 2.55. The minimum atomic E-state index is -0.688. The summed E-state index contributed by atoms with van der Waals surface area (Å²) in [5.74, 6) is 0. The molecular weight excluding hydrogens is 554 g/mol. The summed E-state index contributed by atoms with van der Waals surface area (Å²) >= 11 is 0. The lowest BCUT2D eigenvalue weighted by atomic mass is 9.76. The summed E-state index contributed by atoms with van der Waals surface area (Å²) in [4.78, 5) is 0. The minimum absolute atomic E-state index is 0.0478. The second kappa shape index (κ2) is 11.4. The van der Waals surface area contributed by atoms with Gasteiger partial charge < -0.3 is 0 Å². The van der Waals surface area contributed by atoms with E-state index in [9.17, 15) is 0 Å². The highest BCUT2D eigenvalue weighted by Gasteiger charge is 2.48. The zero-order valence-corrected chi connectivity index (χ0v) is 26.0. The minimum Gasteiger partial charge on any atom is -0.0622 e. The second-order valence-corrected chi connectivity index (χ2v) is 16.1. The Bertz CT molecular complexity index is 1640. The standard InChI is InChI=1S/C41H34P2/c1-5-17-33(18-6-1)42(34-19-7-2-8-20-34)37-25-13-15-31-27-29-41(39(31)37)30-28-32-16-14-26-38(40(32)41)43(35-21-9-3-10-22-35)36-23-11-4-12-24-36/h1-26H,27-30H2. The van der Waals surface area contributed by atoms with Gasteiger partial charge in [-0.3, -0.25) is 0 Å². The van der Waals surface area contributed by atoms with Gasteiger partial charge in [-0.25, -0.2) is 0 Å². The van der Waals surface area contributed by atoms with Crippen molar-refractivity contribution in [2.75, 3.05) is 0 Å². The number of benzene rings is 6. The molecular formula is C41H34P2. The van der Waals surface area contributed by atoms with Crippen LogP contribution in [0.4, 0.5) is 0 Å². The number of aryl methyl sites for hydroxylation is 2. The van der Waals surface area contributed by atoms with Gasteiger partial charge in [0.05, 0.1) is 0 Å². The van der Waals surface area contributed by atoms with Crippen LogP contribution in [-0.4, -0.2) is 0 Å². The number of hydrogen-bond donors (Lipinski definition) is 0. The molecule has 0 heterocycles. The zero-order chi connectivity index (χ0) is 28.6. The van der Waals surface area contributed by atoms with Crippen LogP contribution >= 0.6 is 15.8 Å². The van der Waals surface area contributed by atoms with Gasteiger partial charge in [-0.2, -0.15) is 0 Å². The molecule has 0 radical (unpaired) electrons. The molecule has 2 heteroatoms. The van der Waals surface area contributed by atoms with E-state index in [1.54, 1.807) is 32.9 Å². The predicted molar refractivity (Wildman–Crippen MR) is 188 cm³/mol. The van der Waals surface area contributed by atoms with Crippen LogP contribution in [0.15, 0.2) is 158 Å². The van der Waals surface area contributed by atoms with Crippen LogP contribution < -0.4 is 31.8 Å². The van der Waals surface area contributed by atoms with Crippen LogP contribution in [0, 0.1) is 0 Å². The molecule has 0 aliphatic heterocycles. The fourth-order valence-corrected chi connectivity index (χ4v) is 12.9. The molecule has 0 amide bonds. The summed E-state index contributed by atoms with van der Waals surface area (Å²) in [6.45, 7) is 0. The van der Waals surface area contributed by atoms with Crippen molar-refractivity contribution in [3.8, 4) is 0 Å². The SMILES string of the molecule is c1ccc(P(c2ccccc2)c2cccc3c2C2(CC3)CCc3cccc(P(c4ccccc4)c4ccccc4)c32)cc1. The lowest BCUT2D eigenvalue weighted by Gasteiger charge is -2.35. The average molecular weight is 589 g/mol. The molecule has 0 aromatic heterocycles. The monoisotopic (exact) mass is 588 g/mol. The molecule has 8 rings (SSSR count). The van der Waals surface area contributed by atoms with Gasteiger partial charge in [0.1, 0.15) is 0 Å². The molecule has 0 atom stereocenters. The van der Waals surface area contributed by atoms with Crippen molar-refractivity contribution < 1.29 is 0 Å². The van der Waals surface area contributed by atoms with E-state index in [1.807, 2.05) is 0 Å². The molecule has 0 bridgehead atoms. The molecule has 6 aromatic carbocycles. The Morgan fingerprint density at radius 3 is 1.00 bits per heavy atom. The molecule has 0 saturated heterocycles. The summed E-state index contributed by atoms with van der Waals surface area (Å²) in [6.07, 6.45) is 4.70. The average Bonchev–Trinajstić information content (AvgIpc) is 3.65. The van der Waals surface area contributed by atoms with Gasteiger partial charge in [0.2, 0.25) is 0 Å². The maximum atomic E-state index is 2.47. The van der Waals surface area contributed by atoms with Crippen LogP contribution in [0.25, 0.3) is 0 Å². The highest BCUT2D eigenvalue weighted by atomic mass is 31.1.